The van der Waals surface area contributed by atoms with Gasteiger partial charge in [0.2, 0.25) is 0 Å². The van der Waals surface area contributed by atoms with Crippen LogP contribution in [0.25, 0.3) is 11.3 Å². The van der Waals surface area contributed by atoms with Gasteiger partial charge >= 0.3 is 0 Å². The SMILES string of the molecule is CC(N)Cc1cc(-c2ccccc2)ncn1. The number of nitrogens with two attached hydrogens (primary N) is 1. The van der Waals surface area contributed by atoms with E-state index in [1.807, 2.05) is 43.3 Å². The highest BCUT2D eigenvalue weighted by Gasteiger charge is 2.03. The Morgan fingerprint density at radius 3 is 2.62 bits per heavy atom. The average Bonchev–Trinajstić information content (AvgIpc) is 2.30. The summed E-state index contributed by atoms with van der Waals surface area (Å²) in [6, 6.07) is 12.2. The fourth-order valence-corrected chi connectivity index (χ4v) is 1.61. The van der Waals surface area contributed by atoms with Gasteiger partial charge in [-0.1, -0.05) is 30.3 Å². The van der Waals surface area contributed by atoms with E-state index < -0.39 is 0 Å². The van der Waals surface area contributed by atoms with Gasteiger partial charge in [-0.25, -0.2) is 9.97 Å². The van der Waals surface area contributed by atoms with E-state index in [2.05, 4.69) is 9.97 Å². The fourth-order valence-electron chi connectivity index (χ4n) is 1.61. The van der Waals surface area contributed by atoms with Crippen LogP contribution in [0.5, 0.6) is 0 Å². The summed E-state index contributed by atoms with van der Waals surface area (Å²) in [5, 5.41) is 0. The maximum Gasteiger partial charge on any atom is 0.116 e. The van der Waals surface area contributed by atoms with Gasteiger partial charge in [0, 0.05) is 23.7 Å². The molecule has 2 N–H and O–H groups in total. The summed E-state index contributed by atoms with van der Waals surface area (Å²) in [5.74, 6) is 0. The van der Waals surface area contributed by atoms with Gasteiger partial charge < -0.3 is 5.73 Å². The van der Waals surface area contributed by atoms with Crippen LogP contribution in [-0.2, 0) is 6.42 Å². The Labute approximate surface area is 95.4 Å². The van der Waals surface area contributed by atoms with E-state index in [0.717, 1.165) is 23.4 Å². The van der Waals surface area contributed by atoms with E-state index in [1.54, 1.807) is 6.33 Å². The standard InChI is InChI=1S/C13H15N3/c1-10(14)7-12-8-13(16-9-15-12)11-5-3-2-4-6-11/h2-6,8-10H,7,14H2,1H3. The smallest absolute Gasteiger partial charge is 0.116 e. The summed E-state index contributed by atoms with van der Waals surface area (Å²) in [6.45, 7) is 1.98. The van der Waals surface area contributed by atoms with Crippen molar-refractivity contribution in [3.63, 3.8) is 0 Å². The second kappa shape index (κ2) is 4.86. The minimum Gasteiger partial charge on any atom is -0.328 e. The molecule has 3 nitrogen and oxygen atoms in total. The molecular formula is C13H15N3. The minimum absolute atomic E-state index is 0.124. The molecule has 1 unspecified atom stereocenters. The molecule has 0 aliphatic carbocycles. The zero-order valence-electron chi connectivity index (χ0n) is 9.30. The van der Waals surface area contributed by atoms with Gasteiger partial charge in [0.25, 0.3) is 0 Å². The first-order valence-electron chi connectivity index (χ1n) is 5.37. The van der Waals surface area contributed by atoms with Gasteiger partial charge in [0.1, 0.15) is 6.33 Å². The molecule has 3 heteroatoms. The van der Waals surface area contributed by atoms with Crippen LogP contribution in [0.1, 0.15) is 12.6 Å². The Morgan fingerprint density at radius 1 is 1.19 bits per heavy atom. The lowest BCUT2D eigenvalue weighted by molar-refractivity contribution is 0.720. The molecule has 0 amide bonds. The molecule has 2 rings (SSSR count). The van der Waals surface area contributed by atoms with Gasteiger partial charge in [-0.3, -0.25) is 0 Å². The lowest BCUT2D eigenvalue weighted by Crippen LogP contribution is -2.18. The van der Waals surface area contributed by atoms with Crippen molar-refractivity contribution in [2.24, 2.45) is 5.73 Å². The van der Waals surface area contributed by atoms with Crippen LogP contribution in [0.15, 0.2) is 42.7 Å². The van der Waals surface area contributed by atoms with Gasteiger partial charge in [-0.2, -0.15) is 0 Å². The molecule has 0 spiro atoms. The van der Waals surface area contributed by atoms with E-state index >= 15 is 0 Å². The summed E-state index contributed by atoms with van der Waals surface area (Å²) in [4.78, 5) is 8.48. The highest BCUT2D eigenvalue weighted by atomic mass is 14.8. The van der Waals surface area contributed by atoms with E-state index in [4.69, 9.17) is 5.73 Å². The van der Waals surface area contributed by atoms with Crippen LogP contribution in [0.2, 0.25) is 0 Å². The van der Waals surface area contributed by atoms with Crippen molar-refractivity contribution in [3.8, 4) is 11.3 Å². The number of nitrogens with zero attached hydrogens (tertiary/aromatic N) is 2. The molecule has 0 fully saturated rings. The first kappa shape index (κ1) is 10.8. The maximum absolute atomic E-state index is 5.75. The first-order valence-corrected chi connectivity index (χ1v) is 5.37. The molecule has 0 bridgehead atoms. The lowest BCUT2D eigenvalue weighted by atomic mass is 10.1. The largest absolute Gasteiger partial charge is 0.328 e. The highest BCUT2D eigenvalue weighted by molar-refractivity contribution is 5.58. The van der Waals surface area contributed by atoms with Crippen molar-refractivity contribution in [2.75, 3.05) is 0 Å². The Morgan fingerprint density at radius 2 is 1.94 bits per heavy atom. The van der Waals surface area contributed by atoms with E-state index in [0.29, 0.717) is 0 Å². The monoisotopic (exact) mass is 213 g/mol. The Hall–Kier alpha value is -1.74. The van der Waals surface area contributed by atoms with E-state index in [-0.39, 0.29) is 6.04 Å². The van der Waals surface area contributed by atoms with Crippen LogP contribution in [-0.4, -0.2) is 16.0 Å². The predicted molar refractivity (Wildman–Crippen MR) is 64.8 cm³/mol. The van der Waals surface area contributed by atoms with Crippen LogP contribution in [0.3, 0.4) is 0 Å². The summed E-state index contributed by atoms with van der Waals surface area (Å²) in [7, 11) is 0. The molecule has 0 saturated heterocycles. The minimum atomic E-state index is 0.124. The normalized spacial score (nSPS) is 12.4. The summed E-state index contributed by atoms with van der Waals surface area (Å²) in [5.41, 5.74) is 8.80. The summed E-state index contributed by atoms with van der Waals surface area (Å²) in [6.07, 6.45) is 2.38. The molecule has 0 radical (unpaired) electrons. The third kappa shape index (κ3) is 2.64. The molecule has 16 heavy (non-hydrogen) atoms. The van der Waals surface area contributed by atoms with Crippen LogP contribution in [0.4, 0.5) is 0 Å². The predicted octanol–water partition coefficient (Wildman–Crippen LogP) is 2.03. The lowest BCUT2D eigenvalue weighted by Gasteiger charge is -2.06. The van der Waals surface area contributed by atoms with Crippen LogP contribution < -0.4 is 5.73 Å². The Balaban J connectivity index is 2.29. The van der Waals surface area contributed by atoms with E-state index in [9.17, 15) is 0 Å². The molecular weight excluding hydrogens is 198 g/mol. The zero-order valence-corrected chi connectivity index (χ0v) is 9.30. The van der Waals surface area contributed by atoms with Gasteiger partial charge in [0.15, 0.2) is 0 Å². The van der Waals surface area contributed by atoms with Crippen molar-refractivity contribution in [3.05, 3.63) is 48.4 Å². The third-order valence-electron chi connectivity index (χ3n) is 2.32. The van der Waals surface area contributed by atoms with Crippen LogP contribution in [0, 0.1) is 0 Å². The molecule has 1 atom stereocenters. The molecule has 1 heterocycles. The third-order valence-corrected chi connectivity index (χ3v) is 2.32. The van der Waals surface area contributed by atoms with Crippen molar-refractivity contribution in [2.45, 2.75) is 19.4 Å². The summed E-state index contributed by atoms with van der Waals surface area (Å²) < 4.78 is 0. The highest BCUT2D eigenvalue weighted by Crippen LogP contribution is 2.16. The second-order valence-corrected chi connectivity index (χ2v) is 3.94. The maximum atomic E-state index is 5.75. The molecule has 2 aromatic rings. The van der Waals surface area contributed by atoms with Crippen molar-refractivity contribution in [1.29, 1.82) is 0 Å². The number of hydrogen-bond acceptors (Lipinski definition) is 3. The second-order valence-electron chi connectivity index (χ2n) is 3.94. The van der Waals surface area contributed by atoms with Crippen molar-refractivity contribution < 1.29 is 0 Å². The Bertz CT molecular complexity index is 452. The molecule has 0 aliphatic heterocycles. The average molecular weight is 213 g/mol. The van der Waals surface area contributed by atoms with Crippen LogP contribution >= 0.6 is 0 Å². The molecule has 1 aromatic carbocycles. The topological polar surface area (TPSA) is 51.8 Å². The number of hydrogen-bond donors (Lipinski definition) is 1. The number of benzene rings is 1. The summed E-state index contributed by atoms with van der Waals surface area (Å²) >= 11 is 0. The molecule has 82 valence electrons. The number of rotatable bonds is 3. The first-order chi connectivity index (χ1) is 7.75. The molecule has 0 saturated carbocycles. The molecule has 1 aromatic heterocycles. The van der Waals surface area contributed by atoms with Gasteiger partial charge in [-0.15, -0.1) is 0 Å². The Kier molecular flexibility index (Phi) is 3.27. The molecule has 0 aliphatic rings. The van der Waals surface area contributed by atoms with E-state index in [1.165, 1.54) is 0 Å². The quantitative estimate of drug-likeness (QED) is 0.848. The van der Waals surface area contributed by atoms with Gasteiger partial charge in [0.05, 0.1) is 5.69 Å². The zero-order chi connectivity index (χ0) is 11.4. The van der Waals surface area contributed by atoms with Gasteiger partial charge in [-0.05, 0) is 13.0 Å². The number of aromatic nitrogens is 2. The van der Waals surface area contributed by atoms with Crippen molar-refractivity contribution >= 4 is 0 Å². The fraction of sp³-hybridized carbons (Fsp3) is 0.231. The van der Waals surface area contributed by atoms with Crippen molar-refractivity contribution in [1.82, 2.24) is 9.97 Å².